The minimum atomic E-state index is -0.529. The number of carbonyl (C=O) groups excluding carboxylic acids is 2. The van der Waals surface area contributed by atoms with Crippen LogP contribution in [0.4, 0.5) is 5.69 Å². The molecule has 3 aromatic rings. The first-order valence-corrected chi connectivity index (χ1v) is 11.3. The molecule has 0 aliphatic carbocycles. The van der Waals surface area contributed by atoms with Crippen LogP contribution in [-0.2, 0) is 7.05 Å². The Morgan fingerprint density at radius 3 is 2.82 bits per heavy atom. The summed E-state index contributed by atoms with van der Waals surface area (Å²) < 4.78 is 1.78. The number of nitrogens with zero attached hydrogens (tertiary/aromatic N) is 5. The van der Waals surface area contributed by atoms with E-state index < -0.39 is 17.4 Å². The van der Waals surface area contributed by atoms with Gasteiger partial charge in [-0.2, -0.15) is 0 Å². The van der Waals surface area contributed by atoms with Gasteiger partial charge in [0.1, 0.15) is 12.0 Å². The second-order valence-electron chi connectivity index (χ2n) is 7.97. The van der Waals surface area contributed by atoms with Gasteiger partial charge in [0, 0.05) is 37.1 Å². The van der Waals surface area contributed by atoms with E-state index in [2.05, 4.69) is 20.5 Å². The average Bonchev–Trinajstić information content (AvgIpc) is 3.37. The maximum atomic E-state index is 12.8. The second kappa shape index (κ2) is 9.69. The molecule has 1 aliphatic rings. The molecule has 10 nitrogen and oxygen atoms in total. The minimum absolute atomic E-state index is 0.0655. The van der Waals surface area contributed by atoms with Crippen LogP contribution in [0.5, 0.6) is 0 Å². The maximum absolute atomic E-state index is 12.8. The summed E-state index contributed by atoms with van der Waals surface area (Å²) >= 11 is 1.35. The van der Waals surface area contributed by atoms with E-state index in [1.807, 2.05) is 20.0 Å². The van der Waals surface area contributed by atoms with Crippen molar-refractivity contribution in [3.05, 3.63) is 65.7 Å². The number of aliphatic hydroxyl groups is 1. The Hall–Kier alpha value is -3.28. The van der Waals surface area contributed by atoms with Gasteiger partial charge in [0.05, 0.1) is 11.5 Å². The van der Waals surface area contributed by atoms with E-state index in [0.717, 1.165) is 5.56 Å². The topological polar surface area (TPSA) is 139 Å². The first-order valence-electron chi connectivity index (χ1n) is 10.4. The molecule has 0 saturated carbocycles. The van der Waals surface area contributed by atoms with Crippen LogP contribution < -0.4 is 11.1 Å². The summed E-state index contributed by atoms with van der Waals surface area (Å²) in [5, 5.41) is 20.8. The van der Waals surface area contributed by atoms with Gasteiger partial charge in [0.15, 0.2) is 5.16 Å². The molecule has 1 aliphatic heterocycles. The number of benzene rings is 1. The number of carbonyl (C=O) groups is 2. The highest BCUT2D eigenvalue weighted by atomic mass is 32.2. The molecule has 1 aromatic carbocycles. The molecule has 1 fully saturated rings. The lowest BCUT2D eigenvalue weighted by Crippen LogP contribution is -2.34. The van der Waals surface area contributed by atoms with Gasteiger partial charge in [-0.05, 0) is 43.2 Å². The molecular weight excluding hydrogens is 442 g/mol. The summed E-state index contributed by atoms with van der Waals surface area (Å²) in [4.78, 5) is 31.4. The zero-order valence-corrected chi connectivity index (χ0v) is 19.1. The van der Waals surface area contributed by atoms with Crippen molar-refractivity contribution in [1.82, 2.24) is 24.6 Å². The molecule has 4 rings (SSSR count). The van der Waals surface area contributed by atoms with E-state index in [9.17, 15) is 14.7 Å². The molecule has 0 unspecified atom stereocenters. The number of rotatable bonds is 6. The van der Waals surface area contributed by atoms with Crippen LogP contribution in [-0.4, -0.2) is 60.3 Å². The van der Waals surface area contributed by atoms with E-state index in [-0.39, 0.29) is 24.2 Å². The highest BCUT2D eigenvalue weighted by Gasteiger charge is 2.32. The third-order valence-electron chi connectivity index (χ3n) is 5.43. The van der Waals surface area contributed by atoms with Gasteiger partial charge in [-0.1, -0.05) is 23.9 Å². The van der Waals surface area contributed by atoms with Crippen molar-refractivity contribution in [1.29, 1.82) is 0 Å². The Morgan fingerprint density at radius 2 is 2.12 bits per heavy atom. The molecule has 33 heavy (non-hydrogen) atoms. The largest absolute Gasteiger partial charge is 0.391 e. The Bertz CT molecular complexity index is 1170. The number of β-amino-alcohol motifs (C(OH)–C–C–N with tert-alkyl or cyclic N) is 1. The average molecular weight is 468 g/mol. The Kier molecular flexibility index (Phi) is 6.72. The van der Waals surface area contributed by atoms with Crippen molar-refractivity contribution in [2.45, 2.75) is 36.0 Å². The summed E-state index contributed by atoms with van der Waals surface area (Å²) in [6, 6.07) is 10.2. The summed E-state index contributed by atoms with van der Waals surface area (Å²) in [6.45, 7) is 2.17. The highest BCUT2D eigenvalue weighted by Crippen LogP contribution is 2.30. The molecule has 0 bridgehead atoms. The molecule has 3 atom stereocenters. The first kappa shape index (κ1) is 22.9. The summed E-state index contributed by atoms with van der Waals surface area (Å²) in [7, 11) is 1.84. The fourth-order valence-corrected chi connectivity index (χ4v) is 4.51. The van der Waals surface area contributed by atoms with Crippen LogP contribution >= 0.6 is 11.8 Å². The molecule has 0 spiro atoms. The zero-order chi connectivity index (χ0) is 23.5. The quantitative estimate of drug-likeness (QED) is 0.368. The monoisotopic (exact) mass is 467 g/mol. The second-order valence-corrected chi connectivity index (χ2v) is 9.08. The highest BCUT2D eigenvalue weighted by molar-refractivity contribution is 7.99. The van der Waals surface area contributed by atoms with E-state index in [1.54, 1.807) is 40.1 Å². The number of aryl methyl sites for hydroxylation is 1. The molecule has 2 amide bonds. The number of amides is 2. The van der Waals surface area contributed by atoms with E-state index in [4.69, 9.17) is 5.73 Å². The van der Waals surface area contributed by atoms with Gasteiger partial charge in [-0.3, -0.25) is 14.6 Å². The Labute approximate surface area is 195 Å². The van der Waals surface area contributed by atoms with Gasteiger partial charge in [0.2, 0.25) is 0 Å². The van der Waals surface area contributed by atoms with Crippen molar-refractivity contribution in [2.75, 3.05) is 11.9 Å². The lowest BCUT2D eigenvalue weighted by Gasteiger charge is -2.21. The maximum Gasteiger partial charge on any atom is 0.274 e. The first-order chi connectivity index (χ1) is 15.8. The van der Waals surface area contributed by atoms with Crippen molar-refractivity contribution in [3.63, 3.8) is 0 Å². The molecule has 0 radical (unpaired) electrons. The predicted molar refractivity (Wildman–Crippen MR) is 124 cm³/mol. The van der Waals surface area contributed by atoms with E-state index >= 15 is 0 Å². The number of anilines is 1. The normalized spacial score (nSPS) is 18.8. The lowest BCUT2D eigenvalue weighted by molar-refractivity contribution is 0.0726. The van der Waals surface area contributed by atoms with Crippen LogP contribution in [0.3, 0.4) is 0 Å². The van der Waals surface area contributed by atoms with Gasteiger partial charge >= 0.3 is 0 Å². The molecule has 4 N–H and O–H groups in total. The fraction of sp³-hybridized carbons (Fsp3) is 0.318. The summed E-state index contributed by atoms with van der Waals surface area (Å²) in [6.07, 6.45) is 3.05. The number of hydrogen-bond acceptors (Lipinski definition) is 8. The molecule has 172 valence electrons. The van der Waals surface area contributed by atoms with Crippen LogP contribution in [0, 0.1) is 0 Å². The van der Waals surface area contributed by atoms with Crippen molar-refractivity contribution >= 4 is 29.3 Å². The predicted octanol–water partition coefficient (Wildman–Crippen LogP) is 1.81. The number of nitrogens with two attached hydrogens (primary N) is 1. The van der Waals surface area contributed by atoms with Crippen LogP contribution in [0.15, 0.2) is 54.1 Å². The third kappa shape index (κ3) is 5.21. The molecular formula is C22H25N7O3S. The van der Waals surface area contributed by atoms with Crippen LogP contribution in [0.2, 0.25) is 0 Å². The molecule has 3 heterocycles. The van der Waals surface area contributed by atoms with Gasteiger partial charge in [-0.25, -0.2) is 0 Å². The molecule has 1 saturated heterocycles. The van der Waals surface area contributed by atoms with Crippen molar-refractivity contribution < 1.29 is 14.7 Å². The SMILES string of the molecule is C[C@H]1C[C@H](O)CN1C(=O)c1ccnc(C(=O)Nc2cccc([C@H](N)Sc3nncn3C)c2)c1. The Balaban J connectivity index is 1.45. The summed E-state index contributed by atoms with van der Waals surface area (Å²) in [5.74, 6) is -0.671. The van der Waals surface area contributed by atoms with E-state index in [1.165, 1.54) is 24.0 Å². The van der Waals surface area contributed by atoms with Crippen LogP contribution in [0.25, 0.3) is 0 Å². The number of pyridine rings is 1. The number of thioether (sulfide) groups is 1. The minimum Gasteiger partial charge on any atom is -0.391 e. The zero-order valence-electron chi connectivity index (χ0n) is 18.3. The third-order valence-corrected chi connectivity index (χ3v) is 6.53. The van der Waals surface area contributed by atoms with E-state index in [0.29, 0.717) is 22.8 Å². The number of hydrogen-bond donors (Lipinski definition) is 3. The van der Waals surface area contributed by atoms with Crippen LogP contribution in [0.1, 0.15) is 45.1 Å². The number of aliphatic hydroxyl groups excluding tert-OH is 1. The number of aromatic nitrogens is 4. The van der Waals surface area contributed by atoms with Gasteiger partial charge < -0.3 is 25.6 Å². The molecule has 11 heteroatoms. The van der Waals surface area contributed by atoms with Gasteiger partial charge in [0.25, 0.3) is 11.8 Å². The van der Waals surface area contributed by atoms with Crippen molar-refractivity contribution in [2.24, 2.45) is 12.8 Å². The number of likely N-dealkylation sites (tertiary alicyclic amines) is 1. The van der Waals surface area contributed by atoms with Gasteiger partial charge in [-0.15, -0.1) is 10.2 Å². The lowest BCUT2D eigenvalue weighted by atomic mass is 10.1. The fourth-order valence-electron chi connectivity index (χ4n) is 3.69. The standard InChI is InChI=1S/C22H25N7O3S/c1-13-8-17(30)11-29(13)21(32)15-6-7-24-18(10-15)20(31)26-16-5-3-4-14(9-16)19(23)33-22-27-25-12-28(22)2/h3-7,9-10,12-13,17,19,30H,8,11,23H2,1-2H3,(H,26,31)/t13-,17-,19+/m0/s1. The Morgan fingerprint density at radius 1 is 1.30 bits per heavy atom. The smallest absolute Gasteiger partial charge is 0.274 e. The molecule has 2 aromatic heterocycles. The number of nitrogens with one attached hydrogen (secondary N) is 1. The summed E-state index contributed by atoms with van der Waals surface area (Å²) in [5.41, 5.74) is 8.13. The van der Waals surface area contributed by atoms with Crippen molar-refractivity contribution in [3.8, 4) is 0 Å².